The third kappa shape index (κ3) is 2.23. The Labute approximate surface area is 103 Å². The van der Waals surface area contributed by atoms with E-state index in [1.54, 1.807) is 42.7 Å². The Morgan fingerprint density at radius 3 is 2.25 bits per heavy atom. The zero-order chi connectivity index (χ0) is 11.5. The van der Waals surface area contributed by atoms with Gasteiger partial charge in [-0.05, 0) is 30.3 Å². The van der Waals surface area contributed by atoms with Crippen LogP contribution in [0.15, 0.2) is 42.7 Å². The highest BCUT2D eigenvalue weighted by molar-refractivity contribution is 6.42. The lowest BCUT2D eigenvalue weighted by Gasteiger charge is -2.02. The van der Waals surface area contributed by atoms with Crippen molar-refractivity contribution in [1.29, 1.82) is 0 Å². The fourth-order valence-electron chi connectivity index (χ4n) is 1.31. The minimum absolute atomic E-state index is 0.0963. The van der Waals surface area contributed by atoms with Crippen molar-refractivity contribution >= 4 is 29.0 Å². The molecule has 0 atom stereocenters. The van der Waals surface area contributed by atoms with Crippen molar-refractivity contribution in [3.8, 4) is 0 Å². The first-order valence-electron chi connectivity index (χ1n) is 4.58. The second-order valence-electron chi connectivity index (χ2n) is 3.19. The van der Waals surface area contributed by atoms with Crippen LogP contribution in [0.4, 0.5) is 0 Å². The summed E-state index contributed by atoms with van der Waals surface area (Å²) in [4.78, 5) is 15.8. The fourth-order valence-corrected chi connectivity index (χ4v) is 1.61. The quantitative estimate of drug-likeness (QED) is 0.764. The van der Waals surface area contributed by atoms with Gasteiger partial charge in [-0.3, -0.25) is 9.78 Å². The first-order valence-corrected chi connectivity index (χ1v) is 5.34. The van der Waals surface area contributed by atoms with Crippen LogP contribution >= 0.6 is 23.2 Å². The van der Waals surface area contributed by atoms with Crippen LogP contribution in [0, 0.1) is 0 Å². The minimum Gasteiger partial charge on any atom is -0.289 e. The Morgan fingerprint density at radius 2 is 1.62 bits per heavy atom. The summed E-state index contributed by atoms with van der Waals surface area (Å²) in [6.07, 6.45) is 3.15. The molecule has 0 amide bonds. The number of halogens is 2. The molecule has 0 saturated carbocycles. The van der Waals surface area contributed by atoms with Crippen molar-refractivity contribution in [2.75, 3.05) is 0 Å². The monoisotopic (exact) mass is 251 g/mol. The summed E-state index contributed by atoms with van der Waals surface area (Å²) in [5.74, 6) is -0.0963. The summed E-state index contributed by atoms with van der Waals surface area (Å²) < 4.78 is 0. The first kappa shape index (κ1) is 11.1. The van der Waals surface area contributed by atoms with Gasteiger partial charge in [0.05, 0.1) is 10.0 Å². The molecule has 0 radical (unpaired) electrons. The Hall–Kier alpha value is -1.38. The summed E-state index contributed by atoms with van der Waals surface area (Å²) in [5.41, 5.74) is 1.09. The van der Waals surface area contributed by atoms with E-state index in [4.69, 9.17) is 23.2 Å². The lowest BCUT2D eigenvalue weighted by Crippen LogP contribution is -2.00. The highest BCUT2D eigenvalue weighted by atomic mass is 35.5. The Kier molecular flexibility index (Phi) is 3.22. The minimum atomic E-state index is -0.0963. The van der Waals surface area contributed by atoms with Gasteiger partial charge in [-0.25, -0.2) is 0 Å². The van der Waals surface area contributed by atoms with E-state index in [1.807, 2.05) is 0 Å². The lowest BCUT2D eigenvalue weighted by molar-refractivity contribution is 0.103. The van der Waals surface area contributed by atoms with Crippen LogP contribution in [0.3, 0.4) is 0 Å². The molecule has 0 saturated heterocycles. The van der Waals surface area contributed by atoms with Crippen molar-refractivity contribution in [2.24, 2.45) is 0 Å². The molecule has 16 heavy (non-hydrogen) atoms. The fraction of sp³-hybridized carbons (Fsp3) is 0. The number of aromatic nitrogens is 1. The Bertz CT molecular complexity index is 526. The molecule has 2 aromatic rings. The first-order chi connectivity index (χ1) is 7.68. The smallest absolute Gasteiger partial charge is 0.193 e. The summed E-state index contributed by atoms with van der Waals surface area (Å²) in [5, 5.41) is 0.814. The molecule has 1 aromatic heterocycles. The van der Waals surface area contributed by atoms with Crippen LogP contribution in [0.25, 0.3) is 0 Å². The molecule has 1 aromatic carbocycles. The van der Waals surface area contributed by atoms with Crippen LogP contribution in [0.2, 0.25) is 10.0 Å². The molecule has 0 bridgehead atoms. The summed E-state index contributed by atoms with van der Waals surface area (Å²) in [6, 6.07) is 8.14. The molecular weight excluding hydrogens is 245 g/mol. The number of pyridine rings is 1. The van der Waals surface area contributed by atoms with Crippen LogP contribution in [-0.2, 0) is 0 Å². The van der Waals surface area contributed by atoms with Crippen molar-refractivity contribution < 1.29 is 4.79 Å². The predicted octanol–water partition coefficient (Wildman–Crippen LogP) is 3.62. The normalized spacial score (nSPS) is 10.1. The number of carbonyl (C=O) groups excluding carboxylic acids is 1. The highest BCUT2D eigenvalue weighted by Crippen LogP contribution is 2.23. The molecule has 0 spiro atoms. The average Bonchev–Trinajstić information content (AvgIpc) is 2.33. The van der Waals surface area contributed by atoms with Gasteiger partial charge in [0, 0.05) is 23.5 Å². The average molecular weight is 252 g/mol. The molecule has 1 heterocycles. The van der Waals surface area contributed by atoms with Crippen LogP contribution < -0.4 is 0 Å². The molecule has 80 valence electrons. The largest absolute Gasteiger partial charge is 0.289 e. The molecular formula is C12H7Cl2NO. The highest BCUT2D eigenvalue weighted by Gasteiger charge is 2.10. The summed E-state index contributed by atoms with van der Waals surface area (Å²) >= 11 is 11.6. The van der Waals surface area contributed by atoms with Crippen molar-refractivity contribution in [3.05, 3.63) is 63.9 Å². The third-order valence-corrected chi connectivity index (χ3v) is 2.86. The topological polar surface area (TPSA) is 30.0 Å². The van der Waals surface area contributed by atoms with E-state index in [1.165, 1.54) is 0 Å². The van der Waals surface area contributed by atoms with Crippen LogP contribution in [0.1, 0.15) is 15.9 Å². The summed E-state index contributed by atoms with van der Waals surface area (Å²) in [7, 11) is 0. The van der Waals surface area contributed by atoms with E-state index in [2.05, 4.69) is 4.98 Å². The van der Waals surface area contributed by atoms with Gasteiger partial charge in [0.15, 0.2) is 5.78 Å². The van der Waals surface area contributed by atoms with Crippen molar-refractivity contribution in [2.45, 2.75) is 0 Å². The van der Waals surface area contributed by atoms with E-state index in [-0.39, 0.29) is 5.78 Å². The van der Waals surface area contributed by atoms with Crippen LogP contribution in [0.5, 0.6) is 0 Å². The van der Waals surface area contributed by atoms with Gasteiger partial charge in [-0.2, -0.15) is 0 Å². The maximum atomic E-state index is 12.0. The van der Waals surface area contributed by atoms with E-state index >= 15 is 0 Å². The van der Waals surface area contributed by atoms with Gasteiger partial charge in [-0.1, -0.05) is 23.2 Å². The number of benzene rings is 1. The predicted molar refractivity (Wildman–Crippen MR) is 64.1 cm³/mol. The van der Waals surface area contributed by atoms with Gasteiger partial charge in [0.1, 0.15) is 0 Å². The van der Waals surface area contributed by atoms with Gasteiger partial charge >= 0.3 is 0 Å². The molecule has 2 rings (SSSR count). The number of rotatable bonds is 2. The molecule has 2 nitrogen and oxygen atoms in total. The number of ketones is 1. The van der Waals surface area contributed by atoms with Crippen molar-refractivity contribution in [1.82, 2.24) is 4.98 Å². The number of hydrogen-bond donors (Lipinski definition) is 0. The maximum Gasteiger partial charge on any atom is 0.193 e. The summed E-state index contributed by atoms with van der Waals surface area (Å²) in [6.45, 7) is 0. The zero-order valence-electron chi connectivity index (χ0n) is 8.15. The SMILES string of the molecule is O=C(c1ccncc1)c1ccc(Cl)c(Cl)c1. The lowest BCUT2D eigenvalue weighted by atomic mass is 10.0. The number of carbonyl (C=O) groups is 1. The molecule has 0 aliphatic carbocycles. The molecule has 0 aliphatic heterocycles. The second-order valence-corrected chi connectivity index (χ2v) is 4.01. The van der Waals surface area contributed by atoms with Gasteiger partial charge in [-0.15, -0.1) is 0 Å². The Balaban J connectivity index is 2.39. The van der Waals surface area contributed by atoms with E-state index in [0.29, 0.717) is 21.2 Å². The zero-order valence-corrected chi connectivity index (χ0v) is 9.66. The number of hydrogen-bond acceptors (Lipinski definition) is 2. The van der Waals surface area contributed by atoms with Crippen LogP contribution in [-0.4, -0.2) is 10.8 Å². The standard InChI is InChI=1S/C12H7Cl2NO/c13-10-2-1-9(7-11(10)14)12(16)8-3-5-15-6-4-8/h1-7H. The Morgan fingerprint density at radius 1 is 0.938 bits per heavy atom. The molecule has 0 aliphatic rings. The maximum absolute atomic E-state index is 12.0. The molecule has 0 unspecified atom stereocenters. The van der Waals surface area contributed by atoms with E-state index in [9.17, 15) is 4.79 Å². The van der Waals surface area contributed by atoms with Crippen molar-refractivity contribution in [3.63, 3.8) is 0 Å². The van der Waals surface area contributed by atoms with E-state index in [0.717, 1.165) is 0 Å². The van der Waals surface area contributed by atoms with Gasteiger partial charge in [0.25, 0.3) is 0 Å². The van der Waals surface area contributed by atoms with Gasteiger partial charge < -0.3 is 0 Å². The molecule has 0 fully saturated rings. The number of nitrogens with zero attached hydrogens (tertiary/aromatic N) is 1. The van der Waals surface area contributed by atoms with Gasteiger partial charge in [0.2, 0.25) is 0 Å². The molecule has 0 N–H and O–H groups in total. The van der Waals surface area contributed by atoms with E-state index < -0.39 is 0 Å². The third-order valence-electron chi connectivity index (χ3n) is 2.12. The second kappa shape index (κ2) is 4.64. The molecule has 4 heteroatoms.